The number of carbonyl (C=O) groups is 2. The Morgan fingerprint density at radius 3 is 2.40 bits per heavy atom. The predicted octanol–water partition coefficient (Wildman–Crippen LogP) is 1.68. The minimum Gasteiger partial charge on any atom is -0.341 e. The molecule has 4 rings (SSSR count). The van der Waals surface area contributed by atoms with E-state index < -0.39 is 0 Å². The second-order valence-corrected chi connectivity index (χ2v) is 6.50. The Kier molecular flexibility index (Phi) is 3.83. The Morgan fingerprint density at radius 1 is 1.04 bits per heavy atom. The summed E-state index contributed by atoms with van der Waals surface area (Å²) in [6.07, 6.45) is 4.97. The fraction of sp³-hybridized carbons (Fsp3) is 0.333. The first-order valence-corrected chi connectivity index (χ1v) is 8.38. The van der Waals surface area contributed by atoms with Gasteiger partial charge in [-0.05, 0) is 31.0 Å². The summed E-state index contributed by atoms with van der Waals surface area (Å²) < 4.78 is 0. The average molecular weight is 337 g/mol. The van der Waals surface area contributed by atoms with Crippen molar-refractivity contribution in [3.8, 4) is 0 Å². The van der Waals surface area contributed by atoms with Gasteiger partial charge in [0.2, 0.25) is 5.95 Å². The van der Waals surface area contributed by atoms with Crippen LogP contribution in [0, 0.1) is 0 Å². The minimum atomic E-state index is -0.354. The average Bonchev–Trinajstić information content (AvgIpc) is 2.99. The van der Waals surface area contributed by atoms with Crippen molar-refractivity contribution in [3.63, 3.8) is 0 Å². The standard InChI is InChI=1S/C18H19N5O2/c24-15(14-5-2-1-3-6-14)23-13-18(21-17(23)25)7-11-22(12-8-18)16-19-9-4-10-20-16/h1-6,9-10H,7-8,11-13H2,(H,21,25). The SMILES string of the molecule is O=C1NC2(CCN(c3ncccn3)CC2)CN1C(=O)c1ccccc1. The van der Waals surface area contributed by atoms with Crippen LogP contribution in [-0.4, -0.2) is 52.0 Å². The number of nitrogens with one attached hydrogen (secondary N) is 1. The first-order valence-electron chi connectivity index (χ1n) is 8.38. The van der Waals surface area contributed by atoms with Crippen molar-refractivity contribution in [3.05, 3.63) is 54.4 Å². The van der Waals surface area contributed by atoms with Crippen LogP contribution in [0.5, 0.6) is 0 Å². The van der Waals surface area contributed by atoms with Crippen LogP contribution < -0.4 is 10.2 Å². The van der Waals surface area contributed by atoms with Gasteiger partial charge in [0.1, 0.15) is 0 Å². The number of imide groups is 1. The van der Waals surface area contributed by atoms with Gasteiger partial charge in [-0.15, -0.1) is 0 Å². The van der Waals surface area contributed by atoms with Gasteiger partial charge in [0.25, 0.3) is 5.91 Å². The summed E-state index contributed by atoms with van der Waals surface area (Å²) >= 11 is 0. The van der Waals surface area contributed by atoms with E-state index in [0.717, 1.165) is 25.9 Å². The normalized spacial score (nSPS) is 19.1. The van der Waals surface area contributed by atoms with Crippen molar-refractivity contribution < 1.29 is 9.59 Å². The van der Waals surface area contributed by atoms with E-state index in [0.29, 0.717) is 18.1 Å². The number of aromatic nitrogens is 2. The molecule has 7 heteroatoms. The third kappa shape index (κ3) is 2.93. The van der Waals surface area contributed by atoms with E-state index in [2.05, 4.69) is 20.2 Å². The van der Waals surface area contributed by atoms with Crippen LogP contribution in [0.25, 0.3) is 0 Å². The number of urea groups is 1. The van der Waals surface area contributed by atoms with E-state index in [-0.39, 0.29) is 17.5 Å². The molecule has 1 spiro atoms. The molecule has 128 valence electrons. The number of hydrogen-bond donors (Lipinski definition) is 1. The number of piperidine rings is 1. The summed E-state index contributed by atoms with van der Waals surface area (Å²) in [4.78, 5) is 37.0. The van der Waals surface area contributed by atoms with Gasteiger partial charge >= 0.3 is 6.03 Å². The van der Waals surface area contributed by atoms with Gasteiger partial charge in [-0.3, -0.25) is 9.69 Å². The molecule has 25 heavy (non-hydrogen) atoms. The zero-order valence-corrected chi connectivity index (χ0v) is 13.8. The van der Waals surface area contributed by atoms with E-state index in [1.165, 1.54) is 4.90 Å². The van der Waals surface area contributed by atoms with Crippen LogP contribution in [0.2, 0.25) is 0 Å². The Labute approximate surface area is 145 Å². The monoisotopic (exact) mass is 337 g/mol. The maximum atomic E-state index is 12.6. The van der Waals surface area contributed by atoms with Gasteiger partial charge < -0.3 is 10.2 Å². The lowest BCUT2D eigenvalue weighted by atomic mass is 9.88. The number of rotatable bonds is 2. The summed E-state index contributed by atoms with van der Waals surface area (Å²) in [5.74, 6) is 0.461. The predicted molar refractivity (Wildman–Crippen MR) is 92.2 cm³/mol. The molecule has 3 amide bonds. The van der Waals surface area contributed by atoms with Gasteiger partial charge in [-0.25, -0.2) is 14.8 Å². The molecule has 7 nitrogen and oxygen atoms in total. The summed E-state index contributed by atoms with van der Waals surface area (Å²) in [5, 5.41) is 3.04. The maximum Gasteiger partial charge on any atom is 0.324 e. The number of anilines is 1. The minimum absolute atomic E-state index is 0.246. The molecule has 2 aliphatic rings. The summed E-state index contributed by atoms with van der Waals surface area (Å²) in [6, 6.07) is 10.4. The van der Waals surface area contributed by atoms with Crippen LogP contribution in [0.1, 0.15) is 23.2 Å². The van der Waals surface area contributed by atoms with Gasteiger partial charge in [0.05, 0.1) is 12.1 Å². The first kappa shape index (κ1) is 15.6. The highest BCUT2D eigenvalue weighted by Crippen LogP contribution is 2.30. The lowest BCUT2D eigenvalue weighted by Crippen LogP contribution is -2.53. The zero-order chi connectivity index (χ0) is 17.3. The maximum absolute atomic E-state index is 12.6. The Bertz CT molecular complexity index is 773. The van der Waals surface area contributed by atoms with Crippen LogP contribution in [0.15, 0.2) is 48.8 Å². The van der Waals surface area contributed by atoms with Crippen molar-refractivity contribution in [1.29, 1.82) is 0 Å². The van der Waals surface area contributed by atoms with Gasteiger partial charge in [0, 0.05) is 31.0 Å². The number of hydrogen-bond acceptors (Lipinski definition) is 5. The highest BCUT2D eigenvalue weighted by Gasteiger charge is 2.46. The molecule has 0 atom stereocenters. The molecule has 2 fully saturated rings. The molecular weight excluding hydrogens is 318 g/mol. The van der Waals surface area contributed by atoms with Crippen molar-refractivity contribution in [2.24, 2.45) is 0 Å². The number of amides is 3. The lowest BCUT2D eigenvalue weighted by molar-refractivity contribution is 0.0814. The molecule has 0 unspecified atom stereocenters. The van der Waals surface area contributed by atoms with Gasteiger partial charge in [0.15, 0.2) is 0 Å². The fourth-order valence-electron chi connectivity index (χ4n) is 3.48. The van der Waals surface area contributed by atoms with Crippen LogP contribution >= 0.6 is 0 Å². The number of benzene rings is 1. The van der Waals surface area contributed by atoms with Crippen LogP contribution in [0.4, 0.5) is 10.7 Å². The number of nitrogens with zero attached hydrogens (tertiary/aromatic N) is 4. The lowest BCUT2D eigenvalue weighted by Gasteiger charge is -2.38. The molecule has 0 aliphatic carbocycles. The Morgan fingerprint density at radius 2 is 1.72 bits per heavy atom. The van der Waals surface area contributed by atoms with E-state index in [1.807, 2.05) is 6.07 Å². The van der Waals surface area contributed by atoms with Crippen LogP contribution in [-0.2, 0) is 0 Å². The summed E-state index contributed by atoms with van der Waals surface area (Å²) in [7, 11) is 0. The molecule has 3 heterocycles. The van der Waals surface area contributed by atoms with Gasteiger partial charge in [-0.1, -0.05) is 18.2 Å². The van der Waals surface area contributed by atoms with E-state index in [9.17, 15) is 9.59 Å². The molecule has 0 saturated carbocycles. The zero-order valence-electron chi connectivity index (χ0n) is 13.8. The highest BCUT2D eigenvalue weighted by molar-refractivity contribution is 6.05. The smallest absolute Gasteiger partial charge is 0.324 e. The Hall–Kier alpha value is -2.96. The Balaban J connectivity index is 1.45. The molecule has 2 saturated heterocycles. The van der Waals surface area contributed by atoms with Crippen molar-refractivity contribution in [2.75, 3.05) is 24.5 Å². The highest BCUT2D eigenvalue weighted by atomic mass is 16.2. The van der Waals surface area contributed by atoms with Crippen molar-refractivity contribution in [2.45, 2.75) is 18.4 Å². The van der Waals surface area contributed by atoms with E-state index in [1.54, 1.807) is 42.7 Å². The largest absolute Gasteiger partial charge is 0.341 e. The molecule has 0 bridgehead atoms. The summed E-state index contributed by atoms with van der Waals surface area (Å²) in [6.45, 7) is 1.90. The third-order valence-corrected chi connectivity index (χ3v) is 4.90. The van der Waals surface area contributed by atoms with Crippen molar-refractivity contribution >= 4 is 17.9 Å². The molecule has 0 radical (unpaired) electrons. The molecule has 1 N–H and O–H groups in total. The van der Waals surface area contributed by atoms with E-state index in [4.69, 9.17) is 0 Å². The summed E-state index contributed by atoms with van der Waals surface area (Å²) in [5.41, 5.74) is 0.178. The fourth-order valence-corrected chi connectivity index (χ4v) is 3.48. The molecule has 1 aromatic heterocycles. The second-order valence-electron chi connectivity index (χ2n) is 6.50. The first-order chi connectivity index (χ1) is 12.2. The molecule has 1 aromatic carbocycles. The van der Waals surface area contributed by atoms with Gasteiger partial charge in [-0.2, -0.15) is 0 Å². The molecule has 2 aromatic rings. The third-order valence-electron chi connectivity index (χ3n) is 4.90. The topological polar surface area (TPSA) is 78.4 Å². The quantitative estimate of drug-likeness (QED) is 0.902. The molecular formula is C18H19N5O2. The second kappa shape index (κ2) is 6.16. The van der Waals surface area contributed by atoms with Crippen LogP contribution in [0.3, 0.4) is 0 Å². The van der Waals surface area contributed by atoms with E-state index >= 15 is 0 Å². The number of carbonyl (C=O) groups excluding carboxylic acids is 2. The molecule has 2 aliphatic heterocycles. The van der Waals surface area contributed by atoms with Crippen molar-refractivity contribution in [1.82, 2.24) is 20.2 Å².